The van der Waals surface area contributed by atoms with Crippen LogP contribution in [-0.4, -0.2) is 38.0 Å². The van der Waals surface area contributed by atoms with Crippen LogP contribution in [0.25, 0.3) is 0 Å². The van der Waals surface area contributed by atoms with Crippen molar-refractivity contribution >= 4 is 30.3 Å². The molecule has 33 heavy (non-hydrogen) atoms. The van der Waals surface area contributed by atoms with Crippen molar-refractivity contribution in [1.82, 2.24) is 4.90 Å². The SMILES string of the molecule is CC(C)S[C]12[C]3(C(C)N(C)C)[CH]4[CH]5[C]1(P(c1ccccc1)c1ccccc1)[Fe]45321678[CH]2[CH]1[CH]6[CH]7[CH]28. The first-order valence-corrected chi connectivity index (χ1v) is 21.5. The van der Waals surface area contributed by atoms with Gasteiger partial charge in [-0.3, -0.25) is 0 Å². The Morgan fingerprint density at radius 2 is 1.27 bits per heavy atom. The molecule has 0 aliphatic carbocycles. The van der Waals surface area contributed by atoms with E-state index in [-0.39, 0.29) is 7.92 Å². The van der Waals surface area contributed by atoms with Gasteiger partial charge in [-0.05, 0) is 0 Å². The fourth-order valence-electron chi connectivity index (χ4n) is 21.3. The van der Waals surface area contributed by atoms with Crippen molar-refractivity contribution in [3.63, 3.8) is 0 Å². The minimum absolute atomic E-state index is 0.263. The van der Waals surface area contributed by atoms with E-state index >= 15 is 0 Å². The number of rotatable bonds is 7. The van der Waals surface area contributed by atoms with Gasteiger partial charge in [-0.15, -0.1) is 0 Å². The predicted octanol–water partition coefficient (Wildman–Crippen LogP) is 6.79. The maximum atomic E-state index is 2.70. The number of thioether (sulfide) groups is 1. The molecule has 2 aromatic rings. The molecule has 10 aliphatic heterocycles. The molecular formula is C29H34FeNPS. The van der Waals surface area contributed by atoms with Gasteiger partial charge in [0.1, 0.15) is 0 Å². The van der Waals surface area contributed by atoms with Gasteiger partial charge in [0.2, 0.25) is 0 Å². The Balaban J connectivity index is 1.27. The molecule has 12 rings (SSSR count). The third-order valence-electron chi connectivity index (χ3n) is 19.1. The summed E-state index contributed by atoms with van der Waals surface area (Å²) in [6.07, 6.45) is 0. The zero-order chi connectivity index (χ0) is 22.1. The molecule has 1 spiro atoms. The molecule has 0 amide bonds. The third kappa shape index (κ3) is 0.343. The Hall–Kier alpha value is -0.301. The van der Waals surface area contributed by atoms with Crippen LogP contribution in [0.15, 0.2) is 60.7 Å². The summed E-state index contributed by atoms with van der Waals surface area (Å²) in [5.41, 5.74) is 0. The monoisotopic (exact) mass is 515 g/mol. The molecule has 6 atom stereocenters. The molecule has 0 bridgehead atoms. The Morgan fingerprint density at radius 3 is 1.67 bits per heavy atom. The van der Waals surface area contributed by atoms with Gasteiger partial charge in [-0.2, -0.15) is 0 Å². The Labute approximate surface area is 193 Å². The molecule has 10 saturated heterocycles. The number of nitrogens with zero attached hydrogens (tertiary/aromatic N) is 1. The quantitative estimate of drug-likeness (QED) is 0.295. The van der Waals surface area contributed by atoms with Gasteiger partial charge >= 0.3 is 194 Å². The van der Waals surface area contributed by atoms with Gasteiger partial charge < -0.3 is 0 Å². The number of benzene rings is 2. The van der Waals surface area contributed by atoms with Crippen LogP contribution in [0.4, 0.5) is 0 Å². The first-order chi connectivity index (χ1) is 15.7. The van der Waals surface area contributed by atoms with Crippen LogP contribution in [0.2, 0.25) is 38.0 Å². The van der Waals surface area contributed by atoms with E-state index in [1.54, 1.807) is 10.6 Å². The van der Waals surface area contributed by atoms with Gasteiger partial charge in [0, 0.05) is 0 Å². The summed E-state index contributed by atoms with van der Waals surface area (Å²) < 4.78 is 2.33. The molecule has 10 fully saturated rings. The molecule has 174 valence electrons. The number of fused-ring (bicyclic) bond motifs is 10. The van der Waals surface area contributed by atoms with Crippen LogP contribution in [0, 0.1) is 0 Å². The molecule has 2 aromatic carbocycles. The Bertz CT molecular complexity index is 1690. The van der Waals surface area contributed by atoms with Gasteiger partial charge in [-0.25, -0.2) is 0 Å². The molecule has 10 heterocycles. The van der Waals surface area contributed by atoms with E-state index in [1.165, 1.54) is 33.7 Å². The van der Waals surface area contributed by atoms with Crippen molar-refractivity contribution in [3.8, 4) is 0 Å². The molecule has 6 unspecified atom stereocenters. The second-order valence-corrected chi connectivity index (χ2v) is 43.4. The van der Waals surface area contributed by atoms with Crippen molar-refractivity contribution in [2.75, 3.05) is 14.1 Å². The van der Waals surface area contributed by atoms with E-state index in [4.69, 9.17) is 0 Å². The van der Waals surface area contributed by atoms with E-state index in [2.05, 4.69) is 112 Å². The average molecular weight is 515 g/mol. The molecule has 1 nitrogen and oxygen atoms in total. The van der Waals surface area contributed by atoms with Crippen molar-refractivity contribution in [1.29, 1.82) is 0 Å². The van der Waals surface area contributed by atoms with Gasteiger partial charge in [0.15, 0.2) is 0 Å². The topological polar surface area (TPSA) is 3.24 Å². The van der Waals surface area contributed by atoms with Crippen molar-refractivity contribution in [2.24, 2.45) is 0 Å². The Morgan fingerprint density at radius 1 is 0.788 bits per heavy atom. The first-order valence-electron chi connectivity index (χ1n) is 13.1. The van der Waals surface area contributed by atoms with Crippen LogP contribution in [0.3, 0.4) is 0 Å². The summed E-state index contributed by atoms with van der Waals surface area (Å²) in [6, 6.07) is 24.9. The van der Waals surface area contributed by atoms with Gasteiger partial charge in [-0.1, -0.05) is 0 Å². The number of hydrogen-bond acceptors (Lipinski definition) is 2. The molecule has 10 aliphatic rings. The Kier molecular flexibility index (Phi) is 1.23. The zero-order valence-electron chi connectivity index (χ0n) is 20.1. The van der Waals surface area contributed by atoms with Crippen LogP contribution in [-0.2, 0) is 6.51 Å². The normalized spacial score (nSPS) is 73.0. The molecular weight excluding hydrogens is 481 g/mol. The maximum absolute atomic E-state index is 3.84. The predicted molar refractivity (Wildman–Crippen MR) is 139 cm³/mol. The fraction of sp³-hybridized carbons (Fsp3) is 0.586. The standard InChI is InChI=1S/C24H29NPS.C5H5.Fe/c1-18(2)27-24-22(19(3)25(4)5)16-17-23(24)26(20-12-8-6-9-13-20)21-14-10-7-11-15-21;1-2-4-5-3-1;/h6-19H,1-5H3;1-5H;. The van der Waals surface area contributed by atoms with E-state index in [1.807, 2.05) is 0 Å². The summed E-state index contributed by atoms with van der Waals surface area (Å²) >= 11 is 2.62. The molecule has 0 N–H and O–H groups in total. The van der Waals surface area contributed by atoms with Crippen molar-refractivity contribution in [2.45, 2.75) is 77.8 Å². The average Bonchev–Trinajstić information content (AvgIpc) is 3.76. The van der Waals surface area contributed by atoms with E-state index < -0.39 is 6.51 Å². The van der Waals surface area contributed by atoms with E-state index in [0.717, 1.165) is 23.3 Å². The summed E-state index contributed by atoms with van der Waals surface area (Å²) in [7, 11) is 4.59. The van der Waals surface area contributed by atoms with Crippen LogP contribution in [0.5, 0.6) is 0 Å². The molecule has 0 saturated carbocycles. The summed E-state index contributed by atoms with van der Waals surface area (Å²) in [5.74, 6) is 0. The number of hydrogen-bond donors (Lipinski definition) is 0. The van der Waals surface area contributed by atoms with Crippen LogP contribution >= 0.6 is 19.7 Å². The van der Waals surface area contributed by atoms with Crippen LogP contribution in [0.1, 0.15) is 20.8 Å². The van der Waals surface area contributed by atoms with Gasteiger partial charge in [0.05, 0.1) is 0 Å². The molecule has 4 heteroatoms. The van der Waals surface area contributed by atoms with E-state index in [9.17, 15) is 0 Å². The van der Waals surface area contributed by atoms with Crippen molar-refractivity contribution in [3.05, 3.63) is 60.7 Å². The molecule has 0 radical (unpaired) electrons. The fourth-order valence-corrected chi connectivity index (χ4v) is 124. The second-order valence-electron chi connectivity index (χ2n) is 15.6. The van der Waals surface area contributed by atoms with E-state index in [0.29, 0.717) is 0 Å². The van der Waals surface area contributed by atoms with Gasteiger partial charge in [0.25, 0.3) is 0 Å². The summed E-state index contributed by atoms with van der Waals surface area (Å²) in [4.78, 5) is 11.7. The minimum atomic E-state index is -3.84. The third-order valence-corrected chi connectivity index (χ3v) is 74.4. The summed E-state index contributed by atoms with van der Waals surface area (Å²) in [5, 5.41) is 4.22. The molecule has 0 aromatic heterocycles. The first kappa shape index (κ1) is 17.2. The summed E-state index contributed by atoms with van der Waals surface area (Å²) in [6.45, 7) is 3.95. The van der Waals surface area contributed by atoms with Crippen LogP contribution < -0.4 is 10.6 Å². The van der Waals surface area contributed by atoms with Crippen molar-refractivity contribution < 1.29 is 6.51 Å². The zero-order valence-corrected chi connectivity index (χ0v) is 22.9. The second kappa shape index (κ2) is 2.35.